The lowest BCUT2D eigenvalue weighted by atomic mass is 10.2. The van der Waals surface area contributed by atoms with Gasteiger partial charge >= 0.3 is 0 Å². The normalized spacial score (nSPS) is 11.2. The SMILES string of the molecule is CCC(C)Oc1cccc(C(=O)NNC(=O)COc2ccc(OC)cc2)c1. The van der Waals surface area contributed by atoms with Crippen molar-refractivity contribution in [1.29, 1.82) is 0 Å². The summed E-state index contributed by atoms with van der Waals surface area (Å²) in [6, 6.07) is 13.6. The molecule has 2 amide bonds. The van der Waals surface area contributed by atoms with Crippen LogP contribution in [-0.2, 0) is 4.79 Å². The summed E-state index contributed by atoms with van der Waals surface area (Å²) in [4.78, 5) is 24.0. The van der Waals surface area contributed by atoms with Crippen LogP contribution in [-0.4, -0.2) is 31.6 Å². The van der Waals surface area contributed by atoms with E-state index in [1.807, 2.05) is 13.8 Å². The Kier molecular flexibility index (Phi) is 7.49. The number of hydrogen-bond donors (Lipinski definition) is 2. The van der Waals surface area contributed by atoms with Crippen LogP contribution >= 0.6 is 0 Å². The van der Waals surface area contributed by atoms with Gasteiger partial charge in [-0.25, -0.2) is 0 Å². The van der Waals surface area contributed by atoms with E-state index in [2.05, 4.69) is 10.9 Å². The number of ether oxygens (including phenoxy) is 3. The number of rotatable bonds is 8. The second-order valence-electron chi connectivity index (χ2n) is 5.83. The molecule has 7 heteroatoms. The fourth-order valence-electron chi connectivity index (χ4n) is 2.08. The van der Waals surface area contributed by atoms with E-state index in [1.165, 1.54) is 0 Å². The monoisotopic (exact) mass is 372 g/mol. The number of nitrogens with one attached hydrogen (secondary N) is 2. The van der Waals surface area contributed by atoms with Crippen LogP contribution in [0.3, 0.4) is 0 Å². The third-order valence-electron chi connectivity index (χ3n) is 3.75. The van der Waals surface area contributed by atoms with E-state index < -0.39 is 11.8 Å². The fraction of sp³-hybridized carbons (Fsp3) is 0.300. The molecule has 2 rings (SSSR count). The minimum absolute atomic E-state index is 0.0538. The van der Waals surface area contributed by atoms with Crippen LogP contribution < -0.4 is 25.1 Å². The van der Waals surface area contributed by atoms with Gasteiger partial charge in [0, 0.05) is 5.56 Å². The van der Waals surface area contributed by atoms with Crippen molar-refractivity contribution in [3.8, 4) is 17.2 Å². The summed E-state index contributed by atoms with van der Waals surface area (Å²) in [5, 5.41) is 0. The number of carbonyl (C=O) groups is 2. The van der Waals surface area contributed by atoms with E-state index in [4.69, 9.17) is 14.2 Å². The molecule has 1 atom stereocenters. The average Bonchev–Trinajstić information content (AvgIpc) is 2.70. The van der Waals surface area contributed by atoms with E-state index in [9.17, 15) is 9.59 Å². The maximum absolute atomic E-state index is 12.2. The molecule has 0 aliphatic rings. The lowest BCUT2D eigenvalue weighted by Gasteiger charge is -2.13. The van der Waals surface area contributed by atoms with Crippen molar-refractivity contribution in [1.82, 2.24) is 10.9 Å². The first kappa shape index (κ1) is 20.1. The summed E-state index contributed by atoms with van der Waals surface area (Å²) in [5.74, 6) is 0.894. The van der Waals surface area contributed by atoms with Crippen LogP contribution in [0.1, 0.15) is 30.6 Å². The van der Waals surface area contributed by atoms with Crippen LogP contribution in [0.25, 0.3) is 0 Å². The highest BCUT2D eigenvalue weighted by atomic mass is 16.5. The molecule has 0 radical (unpaired) electrons. The van der Waals surface area contributed by atoms with Gasteiger partial charge in [-0.3, -0.25) is 20.4 Å². The average molecular weight is 372 g/mol. The first-order valence-electron chi connectivity index (χ1n) is 8.64. The third-order valence-corrected chi connectivity index (χ3v) is 3.75. The fourth-order valence-corrected chi connectivity index (χ4v) is 2.08. The van der Waals surface area contributed by atoms with Crippen molar-refractivity contribution in [3.05, 3.63) is 54.1 Å². The molecule has 0 bridgehead atoms. The molecule has 7 nitrogen and oxygen atoms in total. The highest BCUT2D eigenvalue weighted by molar-refractivity contribution is 5.95. The first-order chi connectivity index (χ1) is 13.0. The molecule has 0 aliphatic carbocycles. The summed E-state index contributed by atoms with van der Waals surface area (Å²) in [6.45, 7) is 3.74. The Morgan fingerprint density at radius 1 is 1.00 bits per heavy atom. The third kappa shape index (κ3) is 6.54. The molecule has 1 unspecified atom stereocenters. The summed E-state index contributed by atoms with van der Waals surface area (Å²) in [5.41, 5.74) is 5.05. The van der Waals surface area contributed by atoms with Crippen molar-refractivity contribution >= 4 is 11.8 Å². The number of hydrogen-bond acceptors (Lipinski definition) is 5. The maximum atomic E-state index is 12.2. The molecule has 2 N–H and O–H groups in total. The van der Waals surface area contributed by atoms with E-state index >= 15 is 0 Å². The number of methoxy groups -OCH3 is 1. The van der Waals surface area contributed by atoms with Crippen molar-refractivity contribution in [2.75, 3.05) is 13.7 Å². The van der Waals surface area contributed by atoms with Gasteiger partial charge < -0.3 is 14.2 Å². The summed E-state index contributed by atoms with van der Waals surface area (Å²) in [6.07, 6.45) is 0.916. The first-order valence-corrected chi connectivity index (χ1v) is 8.64. The van der Waals surface area contributed by atoms with Crippen LogP contribution in [0.4, 0.5) is 0 Å². The summed E-state index contributed by atoms with van der Waals surface area (Å²) in [7, 11) is 1.57. The lowest BCUT2D eigenvalue weighted by molar-refractivity contribution is -0.123. The topological polar surface area (TPSA) is 85.9 Å². The number of carbonyl (C=O) groups excluding carboxylic acids is 2. The van der Waals surface area contributed by atoms with E-state index in [0.29, 0.717) is 22.8 Å². The van der Waals surface area contributed by atoms with Crippen molar-refractivity contribution < 1.29 is 23.8 Å². The molecule has 0 saturated heterocycles. The van der Waals surface area contributed by atoms with Gasteiger partial charge in [0.25, 0.3) is 11.8 Å². The van der Waals surface area contributed by atoms with Crippen molar-refractivity contribution in [3.63, 3.8) is 0 Å². The van der Waals surface area contributed by atoms with Crippen LogP contribution in [0.15, 0.2) is 48.5 Å². The van der Waals surface area contributed by atoms with Crippen molar-refractivity contribution in [2.24, 2.45) is 0 Å². The predicted molar refractivity (Wildman–Crippen MR) is 101 cm³/mol. The molecule has 0 spiro atoms. The van der Waals surface area contributed by atoms with Gasteiger partial charge in [0.1, 0.15) is 17.2 Å². The molecule has 0 heterocycles. The Morgan fingerprint density at radius 2 is 1.70 bits per heavy atom. The zero-order valence-electron chi connectivity index (χ0n) is 15.7. The molecule has 27 heavy (non-hydrogen) atoms. The molecule has 0 aliphatic heterocycles. The quantitative estimate of drug-likeness (QED) is 0.696. The lowest BCUT2D eigenvalue weighted by Crippen LogP contribution is -2.43. The van der Waals surface area contributed by atoms with Crippen LogP contribution in [0.5, 0.6) is 17.2 Å². The smallest absolute Gasteiger partial charge is 0.276 e. The molecule has 0 fully saturated rings. The Bertz CT molecular complexity index is 761. The molecular formula is C20H24N2O5. The van der Waals surface area contributed by atoms with Gasteiger partial charge in [0.15, 0.2) is 6.61 Å². The zero-order chi connectivity index (χ0) is 19.6. The van der Waals surface area contributed by atoms with Gasteiger partial charge in [-0.1, -0.05) is 13.0 Å². The Hall–Kier alpha value is -3.22. The van der Waals surface area contributed by atoms with Gasteiger partial charge in [-0.15, -0.1) is 0 Å². The molecular weight excluding hydrogens is 348 g/mol. The second-order valence-corrected chi connectivity index (χ2v) is 5.83. The van der Waals surface area contributed by atoms with Gasteiger partial charge in [-0.2, -0.15) is 0 Å². The largest absolute Gasteiger partial charge is 0.497 e. The summed E-state index contributed by atoms with van der Waals surface area (Å²) < 4.78 is 16.1. The second kappa shape index (κ2) is 10.1. The number of hydrazine groups is 1. The minimum atomic E-state index is -0.480. The van der Waals surface area contributed by atoms with E-state index in [0.717, 1.165) is 6.42 Å². The highest BCUT2D eigenvalue weighted by Crippen LogP contribution is 2.17. The number of benzene rings is 2. The minimum Gasteiger partial charge on any atom is -0.497 e. The van der Waals surface area contributed by atoms with Crippen LogP contribution in [0, 0.1) is 0 Å². The molecule has 2 aromatic rings. The number of amides is 2. The zero-order valence-corrected chi connectivity index (χ0v) is 15.7. The molecule has 2 aromatic carbocycles. The molecule has 0 saturated carbocycles. The molecule has 144 valence electrons. The summed E-state index contributed by atoms with van der Waals surface area (Å²) >= 11 is 0. The van der Waals surface area contributed by atoms with Gasteiger partial charge in [0.2, 0.25) is 0 Å². The Balaban J connectivity index is 1.80. The van der Waals surface area contributed by atoms with Crippen LogP contribution in [0.2, 0.25) is 0 Å². The maximum Gasteiger partial charge on any atom is 0.276 e. The highest BCUT2D eigenvalue weighted by Gasteiger charge is 2.10. The van der Waals surface area contributed by atoms with Gasteiger partial charge in [0.05, 0.1) is 13.2 Å². The van der Waals surface area contributed by atoms with Crippen molar-refractivity contribution in [2.45, 2.75) is 26.4 Å². The Morgan fingerprint density at radius 3 is 2.37 bits per heavy atom. The van der Waals surface area contributed by atoms with E-state index in [-0.39, 0.29) is 12.7 Å². The standard InChI is InChI=1S/C20H24N2O5/c1-4-14(2)27-18-7-5-6-15(12-18)20(24)22-21-19(23)13-26-17-10-8-16(25-3)9-11-17/h5-12,14H,4,13H2,1-3H3,(H,21,23)(H,22,24). The van der Waals surface area contributed by atoms with E-state index in [1.54, 1.807) is 55.6 Å². The van der Waals surface area contributed by atoms with Gasteiger partial charge in [-0.05, 0) is 55.8 Å². The Labute approximate surface area is 158 Å². The predicted octanol–water partition coefficient (Wildman–Crippen LogP) is 2.71. The molecule has 0 aromatic heterocycles.